The van der Waals surface area contributed by atoms with Crippen LogP contribution < -0.4 is 4.74 Å². The number of benzene rings is 2. The van der Waals surface area contributed by atoms with Gasteiger partial charge in [0.25, 0.3) is 0 Å². The van der Waals surface area contributed by atoms with Gasteiger partial charge in [-0.05, 0) is 68.4 Å². The molecule has 2 aromatic carbocycles. The smallest absolute Gasteiger partial charge is 0.339 e. The molecule has 0 fully saturated rings. The third-order valence-electron chi connectivity index (χ3n) is 6.42. The number of ether oxygens (including phenoxy) is 2. The largest absolute Gasteiger partial charge is 0.497 e. The number of pyridine rings is 1. The minimum absolute atomic E-state index is 0.263. The number of carbonyl (C=O) groups excluding carboxylic acids is 2. The maximum Gasteiger partial charge on any atom is 0.339 e. The van der Waals surface area contributed by atoms with Crippen LogP contribution in [-0.4, -0.2) is 35.0 Å². The molecule has 5 rings (SSSR count). The molecule has 0 atom stereocenters. The summed E-state index contributed by atoms with van der Waals surface area (Å²) in [6, 6.07) is 22.1. The SMILES string of the molecule is COc1ccc(-c2cc(C(=O)OCC(=O)c3cc(C)n(Cc4ccco4)c3C)c3ccccc3n2)cc1. The molecular formula is C30H26N2O5. The van der Waals surface area contributed by atoms with Crippen molar-refractivity contribution in [1.29, 1.82) is 0 Å². The van der Waals surface area contributed by atoms with E-state index in [0.29, 0.717) is 34.3 Å². The van der Waals surface area contributed by atoms with E-state index < -0.39 is 5.97 Å². The number of para-hydroxylation sites is 1. The highest BCUT2D eigenvalue weighted by Gasteiger charge is 2.20. The Morgan fingerprint density at radius 3 is 2.46 bits per heavy atom. The van der Waals surface area contributed by atoms with Crippen LogP contribution in [0.15, 0.2) is 83.5 Å². The van der Waals surface area contributed by atoms with Crippen molar-refractivity contribution in [2.24, 2.45) is 0 Å². The Morgan fingerprint density at radius 1 is 0.946 bits per heavy atom. The van der Waals surface area contributed by atoms with Gasteiger partial charge in [0.2, 0.25) is 5.78 Å². The summed E-state index contributed by atoms with van der Waals surface area (Å²) in [6.45, 7) is 3.97. The van der Waals surface area contributed by atoms with Crippen LogP contribution in [-0.2, 0) is 11.3 Å². The Bertz CT molecular complexity index is 1580. The van der Waals surface area contributed by atoms with Gasteiger partial charge in [-0.1, -0.05) is 18.2 Å². The third kappa shape index (κ3) is 4.89. The van der Waals surface area contributed by atoms with Gasteiger partial charge >= 0.3 is 5.97 Å². The van der Waals surface area contributed by atoms with Gasteiger partial charge in [0.1, 0.15) is 11.5 Å². The topological polar surface area (TPSA) is 83.6 Å². The van der Waals surface area contributed by atoms with E-state index in [-0.39, 0.29) is 12.4 Å². The Kier molecular flexibility index (Phi) is 6.60. The standard InChI is InChI=1S/C30H26N2O5/c1-19-15-25(20(2)32(19)17-23-7-6-14-36-23)29(33)18-37-30(34)26-16-28(21-10-12-22(35-3)13-11-21)31-27-9-5-4-8-24(26)27/h4-16H,17-18H2,1-3H3. The number of rotatable bonds is 8. The first-order valence-corrected chi connectivity index (χ1v) is 11.9. The molecule has 0 saturated heterocycles. The molecule has 0 spiro atoms. The van der Waals surface area contributed by atoms with Gasteiger partial charge < -0.3 is 18.5 Å². The second kappa shape index (κ2) is 10.1. The predicted octanol–water partition coefficient (Wildman–Crippen LogP) is 6.01. The van der Waals surface area contributed by atoms with E-state index in [1.165, 1.54) is 0 Å². The maximum atomic E-state index is 13.2. The third-order valence-corrected chi connectivity index (χ3v) is 6.42. The molecule has 7 nitrogen and oxygen atoms in total. The summed E-state index contributed by atoms with van der Waals surface area (Å²) in [5, 5.41) is 0.661. The Balaban J connectivity index is 1.38. The Labute approximate surface area is 214 Å². The number of nitrogens with zero attached hydrogens (tertiary/aromatic N) is 2. The molecule has 0 radical (unpaired) electrons. The molecule has 3 aromatic heterocycles. The number of esters is 1. The molecule has 0 aliphatic heterocycles. The fourth-order valence-electron chi connectivity index (χ4n) is 4.43. The van der Waals surface area contributed by atoms with Gasteiger partial charge in [-0.2, -0.15) is 0 Å². The van der Waals surface area contributed by atoms with E-state index in [4.69, 9.17) is 18.9 Å². The first-order valence-electron chi connectivity index (χ1n) is 11.9. The van der Waals surface area contributed by atoms with Gasteiger partial charge in [-0.3, -0.25) is 4.79 Å². The fourth-order valence-corrected chi connectivity index (χ4v) is 4.43. The molecule has 0 aliphatic rings. The molecule has 5 aromatic rings. The van der Waals surface area contributed by atoms with Gasteiger partial charge in [-0.15, -0.1) is 0 Å². The molecule has 0 saturated carbocycles. The number of aryl methyl sites for hydroxylation is 1. The van der Waals surface area contributed by atoms with Crippen LogP contribution in [0.1, 0.15) is 37.9 Å². The summed E-state index contributed by atoms with van der Waals surface area (Å²) in [4.78, 5) is 31.0. The average molecular weight is 495 g/mol. The number of furan rings is 1. The first-order chi connectivity index (χ1) is 17.9. The number of Topliss-reactive ketones (excluding diaryl/α,β-unsaturated/α-hetero) is 1. The zero-order valence-electron chi connectivity index (χ0n) is 20.9. The zero-order valence-corrected chi connectivity index (χ0v) is 20.9. The summed E-state index contributed by atoms with van der Waals surface area (Å²) in [5.41, 5.74) is 4.72. The quantitative estimate of drug-likeness (QED) is 0.194. The second-order valence-corrected chi connectivity index (χ2v) is 8.75. The number of hydrogen-bond donors (Lipinski definition) is 0. The van der Waals surface area contributed by atoms with Gasteiger partial charge in [-0.25, -0.2) is 9.78 Å². The lowest BCUT2D eigenvalue weighted by atomic mass is 10.0. The maximum absolute atomic E-state index is 13.2. The van der Waals surface area contributed by atoms with Crippen LogP contribution in [0.25, 0.3) is 22.2 Å². The van der Waals surface area contributed by atoms with Crippen molar-refractivity contribution in [3.8, 4) is 17.0 Å². The molecule has 0 aliphatic carbocycles. The van der Waals surface area contributed by atoms with E-state index in [2.05, 4.69) is 0 Å². The normalized spacial score (nSPS) is 11.0. The molecule has 186 valence electrons. The summed E-state index contributed by atoms with van der Waals surface area (Å²) in [7, 11) is 1.61. The molecule has 37 heavy (non-hydrogen) atoms. The van der Waals surface area contributed by atoms with Gasteiger partial charge in [0, 0.05) is 27.9 Å². The van der Waals surface area contributed by atoms with Gasteiger partial charge in [0.15, 0.2) is 6.61 Å². The van der Waals surface area contributed by atoms with Crippen molar-refractivity contribution in [3.05, 3.63) is 107 Å². The number of aromatic nitrogens is 2. The minimum atomic E-state index is -0.578. The lowest BCUT2D eigenvalue weighted by Crippen LogP contribution is -2.16. The van der Waals surface area contributed by atoms with Crippen LogP contribution in [0.3, 0.4) is 0 Å². The van der Waals surface area contributed by atoms with E-state index in [9.17, 15) is 9.59 Å². The monoisotopic (exact) mass is 494 g/mol. The lowest BCUT2D eigenvalue weighted by molar-refractivity contribution is 0.0476. The summed E-state index contributed by atoms with van der Waals surface area (Å²) in [5.74, 6) is 0.683. The zero-order chi connectivity index (χ0) is 25.9. The van der Waals surface area contributed by atoms with Crippen LogP contribution in [0.2, 0.25) is 0 Å². The van der Waals surface area contributed by atoms with Crippen molar-refractivity contribution >= 4 is 22.7 Å². The molecule has 3 heterocycles. The van der Waals surface area contributed by atoms with Crippen molar-refractivity contribution in [2.45, 2.75) is 20.4 Å². The van der Waals surface area contributed by atoms with Crippen molar-refractivity contribution in [1.82, 2.24) is 9.55 Å². The summed E-state index contributed by atoms with van der Waals surface area (Å²) >= 11 is 0. The predicted molar refractivity (Wildman–Crippen MR) is 140 cm³/mol. The summed E-state index contributed by atoms with van der Waals surface area (Å²) in [6.07, 6.45) is 1.62. The number of fused-ring (bicyclic) bond motifs is 1. The van der Waals surface area contributed by atoms with Crippen LogP contribution >= 0.6 is 0 Å². The van der Waals surface area contributed by atoms with Crippen molar-refractivity contribution in [3.63, 3.8) is 0 Å². The number of ketones is 1. The van der Waals surface area contributed by atoms with E-state index in [1.54, 1.807) is 19.4 Å². The first kappa shape index (κ1) is 24.1. The number of hydrogen-bond acceptors (Lipinski definition) is 6. The second-order valence-electron chi connectivity index (χ2n) is 8.75. The van der Waals surface area contributed by atoms with E-state index in [1.807, 2.05) is 85.1 Å². The molecule has 0 amide bonds. The van der Waals surface area contributed by atoms with Gasteiger partial charge in [0.05, 0.1) is 36.7 Å². The average Bonchev–Trinajstić information content (AvgIpc) is 3.55. The Morgan fingerprint density at radius 2 is 1.73 bits per heavy atom. The van der Waals surface area contributed by atoms with Crippen molar-refractivity contribution < 1.29 is 23.5 Å². The van der Waals surface area contributed by atoms with E-state index >= 15 is 0 Å². The molecular weight excluding hydrogens is 468 g/mol. The Hall–Kier alpha value is -4.65. The van der Waals surface area contributed by atoms with Crippen LogP contribution in [0.4, 0.5) is 0 Å². The summed E-state index contributed by atoms with van der Waals surface area (Å²) < 4.78 is 18.2. The van der Waals surface area contributed by atoms with Crippen LogP contribution in [0, 0.1) is 13.8 Å². The molecule has 0 unspecified atom stereocenters. The molecule has 7 heteroatoms. The minimum Gasteiger partial charge on any atom is -0.497 e. The molecule has 0 N–H and O–H groups in total. The lowest BCUT2D eigenvalue weighted by Gasteiger charge is -2.11. The van der Waals surface area contributed by atoms with Crippen molar-refractivity contribution in [2.75, 3.05) is 13.7 Å². The number of methoxy groups -OCH3 is 1. The fraction of sp³-hybridized carbons (Fsp3) is 0.167. The highest BCUT2D eigenvalue weighted by molar-refractivity contribution is 6.06. The van der Waals surface area contributed by atoms with Crippen LogP contribution in [0.5, 0.6) is 5.75 Å². The highest BCUT2D eigenvalue weighted by atomic mass is 16.5. The highest BCUT2D eigenvalue weighted by Crippen LogP contribution is 2.27. The number of carbonyl (C=O) groups is 2. The molecule has 0 bridgehead atoms. The van der Waals surface area contributed by atoms with E-state index in [0.717, 1.165) is 28.5 Å².